The van der Waals surface area contributed by atoms with Gasteiger partial charge < -0.3 is 9.64 Å². The molecule has 1 aliphatic rings. The van der Waals surface area contributed by atoms with Crippen LogP contribution in [-0.4, -0.2) is 45.5 Å². The first-order chi connectivity index (χ1) is 13.8. The van der Waals surface area contributed by atoms with Gasteiger partial charge in [-0.15, -0.1) is 0 Å². The van der Waals surface area contributed by atoms with Crippen LogP contribution in [0.1, 0.15) is 12.8 Å². The number of para-hydroxylation sites is 1. The average Bonchev–Trinajstić information content (AvgIpc) is 2.73. The minimum Gasteiger partial charge on any atom is -0.484 e. The molecule has 0 radical (unpaired) electrons. The van der Waals surface area contributed by atoms with Gasteiger partial charge in [-0.2, -0.15) is 0 Å². The number of carbonyl (C=O) groups is 1. The zero-order valence-corrected chi connectivity index (χ0v) is 18.0. The molecule has 156 valence electrons. The van der Waals surface area contributed by atoms with Crippen molar-refractivity contribution < 1.29 is 17.9 Å². The molecule has 3 rings (SSSR count). The van der Waals surface area contributed by atoms with Crippen LogP contribution in [0.3, 0.4) is 0 Å². The third kappa shape index (κ3) is 6.09. The molecule has 29 heavy (non-hydrogen) atoms. The maximum atomic E-state index is 12.5. The van der Waals surface area contributed by atoms with Crippen molar-refractivity contribution in [2.45, 2.75) is 17.7 Å². The number of nitrogens with one attached hydrogen (secondary N) is 1. The van der Waals surface area contributed by atoms with Gasteiger partial charge in [0.15, 0.2) is 6.61 Å². The van der Waals surface area contributed by atoms with E-state index in [0.29, 0.717) is 36.7 Å². The van der Waals surface area contributed by atoms with Gasteiger partial charge in [0.25, 0.3) is 5.91 Å². The largest absolute Gasteiger partial charge is 0.484 e. The van der Waals surface area contributed by atoms with Crippen LogP contribution in [-0.2, 0) is 14.8 Å². The molecular weight excluding hydrogens is 435 g/mol. The minimum atomic E-state index is -3.75. The highest BCUT2D eigenvalue weighted by Gasteiger charge is 2.25. The number of piperidine rings is 1. The van der Waals surface area contributed by atoms with Gasteiger partial charge in [0.1, 0.15) is 10.6 Å². The summed E-state index contributed by atoms with van der Waals surface area (Å²) in [7, 11) is -3.75. The van der Waals surface area contributed by atoms with Gasteiger partial charge >= 0.3 is 0 Å². The molecular formula is C20H22Cl2N2O4S. The van der Waals surface area contributed by atoms with Gasteiger partial charge in [-0.05, 0) is 49.1 Å². The van der Waals surface area contributed by atoms with Crippen molar-refractivity contribution in [2.75, 3.05) is 26.2 Å². The molecule has 0 saturated carbocycles. The van der Waals surface area contributed by atoms with E-state index in [1.165, 1.54) is 18.2 Å². The van der Waals surface area contributed by atoms with E-state index in [-0.39, 0.29) is 34.9 Å². The van der Waals surface area contributed by atoms with E-state index < -0.39 is 10.0 Å². The Morgan fingerprint density at radius 2 is 1.79 bits per heavy atom. The summed E-state index contributed by atoms with van der Waals surface area (Å²) in [6, 6.07) is 13.5. The summed E-state index contributed by atoms with van der Waals surface area (Å²) >= 11 is 11.9. The van der Waals surface area contributed by atoms with Gasteiger partial charge in [0.05, 0.1) is 5.02 Å². The number of benzene rings is 2. The zero-order chi connectivity index (χ0) is 20.9. The Morgan fingerprint density at radius 1 is 1.10 bits per heavy atom. The normalized spacial score (nSPS) is 15.3. The molecule has 2 aromatic rings. The van der Waals surface area contributed by atoms with Gasteiger partial charge in [0, 0.05) is 24.7 Å². The second-order valence-electron chi connectivity index (χ2n) is 6.85. The highest BCUT2D eigenvalue weighted by molar-refractivity contribution is 7.89. The average molecular weight is 457 g/mol. The fourth-order valence-corrected chi connectivity index (χ4v) is 5.00. The van der Waals surface area contributed by atoms with Gasteiger partial charge in [-0.25, -0.2) is 13.1 Å². The molecule has 0 atom stereocenters. The number of ether oxygens (including phenoxy) is 1. The van der Waals surface area contributed by atoms with Crippen molar-refractivity contribution in [3.8, 4) is 5.75 Å². The Hall–Kier alpha value is -1.80. The van der Waals surface area contributed by atoms with Crippen LogP contribution in [0, 0.1) is 5.92 Å². The summed E-state index contributed by atoms with van der Waals surface area (Å²) in [5, 5.41) is 0.431. The van der Waals surface area contributed by atoms with Crippen molar-refractivity contribution in [2.24, 2.45) is 5.92 Å². The monoisotopic (exact) mass is 456 g/mol. The fourth-order valence-electron chi connectivity index (χ4n) is 3.13. The van der Waals surface area contributed by atoms with Crippen LogP contribution in [0.4, 0.5) is 0 Å². The number of hydrogen-bond donors (Lipinski definition) is 1. The number of carbonyl (C=O) groups excluding carboxylic acids is 1. The molecule has 2 aromatic carbocycles. The predicted molar refractivity (Wildman–Crippen MR) is 113 cm³/mol. The first kappa shape index (κ1) is 21.9. The van der Waals surface area contributed by atoms with Crippen molar-refractivity contribution in [3.63, 3.8) is 0 Å². The Balaban J connectivity index is 1.46. The lowest BCUT2D eigenvalue weighted by Crippen LogP contribution is -2.43. The SMILES string of the molecule is O=C(COc1ccccc1)N1CCC(CNS(=O)(=O)c2cc(Cl)ccc2Cl)CC1. The number of rotatable bonds is 7. The molecule has 0 bridgehead atoms. The smallest absolute Gasteiger partial charge is 0.260 e. The van der Waals surface area contributed by atoms with Crippen molar-refractivity contribution in [1.29, 1.82) is 0 Å². The van der Waals surface area contributed by atoms with Crippen LogP contribution in [0.5, 0.6) is 5.75 Å². The number of halogens is 2. The lowest BCUT2D eigenvalue weighted by molar-refractivity contribution is -0.134. The lowest BCUT2D eigenvalue weighted by Gasteiger charge is -2.32. The summed E-state index contributed by atoms with van der Waals surface area (Å²) in [5.41, 5.74) is 0. The first-order valence-electron chi connectivity index (χ1n) is 9.25. The summed E-state index contributed by atoms with van der Waals surface area (Å²) in [4.78, 5) is 14.0. The standard InChI is InChI=1S/C20H22Cl2N2O4S/c21-16-6-7-18(22)19(12-16)29(26,27)23-13-15-8-10-24(11-9-15)20(25)14-28-17-4-2-1-3-5-17/h1-7,12,15,23H,8-11,13-14H2. The van der Waals surface area contributed by atoms with Crippen LogP contribution < -0.4 is 9.46 Å². The Kier molecular flexibility index (Phi) is 7.40. The molecule has 0 spiro atoms. The van der Waals surface area contributed by atoms with Gasteiger partial charge in [0.2, 0.25) is 10.0 Å². The molecule has 1 aliphatic heterocycles. The molecule has 1 amide bonds. The number of sulfonamides is 1. The third-order valence-electron chi connectivity index (χ3n) is 4.82. The van der Waals surface area contributed by atoms with Crippen LogP contribution in [0.2, 0.25) is 10.0 Å². The van der Waals surface area contributed by atoms with E-state index in [0.717, 1.165) is 0 Å². The quantitative estimate of drug-likeness (QED) is 0.690. The van der Waals surface area contributed by atoms with E-state index in [4.69, 9.17) is 27.9 Å². The third-order valence-corrected chi connectivity index (χ3v) is 6.96. The van der Waals surface area contributed by atoms with E-state index in [2.05, 4.69) is 4.72 Å². The van der Waals surface area contributed by atoms with E-state index in [9.17, 15) is 13.2 Å². The molecule has 1 fully saturated rings. The van der Waals surface area contributed by atoms with E-state index >= 15 is 0 Å². The molecule has 6 nitrogen and oxygen atoms in total. The summed E-state index contributed by atoms with van der Waals surface area (Å²) < 4.78 is 33.1. The lowest BCUT2D eigenvalue weighted by atomic mass is 9.97. The van der Waals surface area contributed by atoms with Crippen LogP contribution in [0.15, 0.2) is 53.4 Å². The fraction of sp³-hybridized carbons (Fsp3) is 0.350. The highest BCUT2D eigenvalue weighted by Crippen LogP contribution is 2.25. The topological polar surface area (TPSA) is 75.7 Å². The molecule has 0 unspecified atom stereocenters. The number of amides is 1. The molecule has 9 heteroatoms. The van der Waals surface area contributed by atoms with E-state index in [1.54, 1.807) is 17.0 Å². The Bertz CT molecular complexity index is 946. The second kappa shape index (κ2) is 9.80. The van der Waals surface area contributed by atoms with Crippen molar-refractivity contribution >= 4 is 39.1 Å². The van der Waals surface area contributed by atoms with Crippen LogP contribution >= 0.6 is 23.2 Å². The molecule has 1 heterocycles. The first-order valence-corrected chi connectivity index (χ1v) is 11.5. The van der Waals surface area contributed by atoms with Gasteiger partial charge in [-0.3, -0.25) is 4.79 Å². The predicted octanol–water partition coefficient (Wildman–Crippen LogP) is 3.59. The summed E-state index contributed by atoms with van der Waals surface area (Å²) in [6.45, 7) is 1.42. The van der Waals surface area contributed by atoms with Crippen molar-refractivity contribution in [1.82, 2.24) is 9.62 Å². The van der Waals surface area contributed by atoms with E-state index in [1.807, 2.05) is 18.2 Å². The maximum Gasteiger partial charge on any atom is 0.260 e. The number of likely N-dealkylation sites (tertiary alicyclic amines) is 1. The Labute approximate surface area is 180 Å². The maximum absolute atomic E-state index is 12.5. The molecule has 0 aromatic heterocycles. The Morgan fingerprint density at radius 3 is 2.48 bits per heavy atom. The zero-order valence-electron chi connectivity index (χ0n) is 15.7. The van der Waals surface area contributed by atoms with Crippen molar-refractivity contribution in [3.05, 3.63) is 58.6 Å². The van der Waals surface area contributed by atoms with Crippen LogP contribution in [0.25, 0.3) is 0 Å². The summed E-state index contributed by atoms with van der Waals surface area (Å²) in [6.07, 6.45) is 1.42. The second-order valence-corrected chi connectivity index (χ2v) is 9.43. The minimum absolute atomic E-state index is 0.00538. The number of nitrogens with zero attached hydrogens (tertiary/aromatic N) is 1. The highest BCUT2D eigenvalue weighted by atomic mass is 35.5. The van der Waals surface area contributed by atoms with Gasteiger partial charge in [-0.1, -0.05) is 41.4 Å². The summed E-state index contributed by atoms with van der Waals surface area (Å²) in [5.74, 6) is 0.727. The number of hydrogen-bond acceptors (Lipinski definition) is 4. The molecule has 1 N–H and O–H groups in total. The molecule has 0 aliphatic carbocycles. The molecule has 1 saturated heterocycles.